The van der Waals surface area contributed by atoms with Gasteiger partial charge in [-0.3, -0.25) is 4.79 Å². The second-order valence-corrected chi connectivity index (χ2v) is 8.14. The Kier molecular flexibility index (Phi) is 7.65. The predicted octanol–water partition coefficient (Wildman–Crippen LogP) is 6.40. The molecule has 1 aromatic heterocycles. The Hall–Kier alpha value is -2.64. The molecule has 0 aliphatic rings. The van der Waals surface area contributed by atoms with Crippen LogP contribution in [-0.2, 0) is 23.7 Å². The number of aromatic nitrogens is 3. The van der Waals surface area contributed by atoms with Crippen LogP contribution in [0.1, 0.15) is 30.4 Å². The lowest BCUT2D eigenvalue weighted by Gasteiger charge is -2.14. The maximum atomic E-state index is 12.9. The molecule has 0 fully saturated rings. The third-order valence-electron chi connectivity index (χ3n) is 4.62. The van der Waals surface area contributed by atoms with Crippen LogP contribution in [0.5, 0.6) is 0 Å². The number of anilines is 1. The molecule has 12 heteroatoms. The number of nitrogens with zero attached hydrogens (tertiary/aromatic N) is 3. The normalized spacial score (nSPS) is 12.1. The number of halogens is 7. The van der Waals surface area contributed by atoms with E-state index in [-0.39, 0.29) is 12.5 Å². The van der Waals surface area contributed by atoms with E-state index in [0.717, 1.165) is 15.0 Å². The lowest BCUT2D eigenvalue weighted by Crippen LogP contribution is -2.15. The van der Waals surface area contributed by atoms with Crippen LogP contribution in [0.4, 0.5) is 32.0 Å². The van der Waals surface area contributed by atoms with E-state index >= 15 is 0 Å². The number of aryl methyl sites for hydroxylation is 1. The minimum atomic E-state index is -4.98. The van der Waals surface area contributed by atoms with Crippen molar-refractivity contribution < 1.29 is 31.1 Å². The van der Waals surface area contributed by atoms with Gasteiger partial charge in [-0.15, -0.1) is 5.10 Å². The zero-order chi connectivity index (χ0) is 24.2. The van der Waals surface area contributed by atoms with Crippen molar-refractivity contribution in [2.24, 2.45) is 0 Å². The summed E-state index contributed by atoms with van der Waals surface area (Å²) in [7, 11) is 0. The fraction of sp³-hybridized carbons (Fsp3) is 0.286. The van der Waals surface area contributed by atoms with Gasteiger partial charge in [0, 0.05) is 24.2 Å². The van der Waals surface area contributed by atoms with Crippen molar-refractivity contribution in [3.8, 4) is 11.3 Å². The Labute approximate surface area is 198 Å². The average molecular weight is 582 g/mol. The van der Waals surface area contributed by atoms with Crippen LogP contribution in [0.2, 0.25) is 0 Å². The van der Waals surface area contributed by atoms with Crippen LogP contribution in [-0.4, -0.2) is 20.9 Å². The summed E-state index contributed by atoms with van der Waals surface area (Å²) in [6.45, 7) is 0.452. The summed E-state index contributed by atoms with van der Waals surface area (Å²) < 4.78 is 80.1. The molecule has 3 rings (SSSR count). The Morgan fingerprint density at radius 2 is 1.55 bits per heavy atom. The van der Waals surface area contributed by atoms with Gasteiger partial charge in [0.15, 0.2) is 0 Å². The fourth-order valence-electron chi connectivity index (χ4n) is 3.01. The van der Waals surface area contributed by atoms with Crippen molar-refractivity contribution in [2.75, 3.05) is 5.32 Å². The molecule has 33 heavy (non-hydrogen) atoms. The summed E-state index contributed by atoms with van der Waals surface area (Å²) in [6.07, 6.45) is -9.16. The van der Waals surface area contributed by atoms with Crippen LogP contribution in [0.3, 0.4) is 0 Å². The molecule has 0 spiro atoms. The van der Waals surface area contributed by atoms with Crippen LogP contribution < -0.4 is 5.32 Å². The molecule has 1 amide bonds. The Morgan fingerprint density at radius 3 is 2.12 bits per heavy atom. The summed E-state index contributed by atoms with van der Waals surface area (Å²) >= 11 is 2.11. The van der Waals surface area contributed by atoms with E-state index < -0.39 is 35.1 Å². The Morgan fingerprint density at radius 1 is 0.939 bits per heavy atom. The number of unbranched alkanes of at least 4 members (excludes halogenated alkanes) is 1. The second kappa shape index (κ2) is 10.1. The average Bonchev–Trinajstić information content (AvgIpc) is 3.10. The topological polar surface area (TPSA) is 59.8 Å². The van der Waals surface area contributed by atoms with Gasteiger partial charge in [0.2, 0.25) is 5.91 Å². The highest BCUT2D eigenvalue weighted by Gasteiger charge is 2.37. The van der Waals surface area contributed by atoms with Gasteiger partial charge in [-0.2, -0.15) is 26.3 Å². The molecule has 0 radical (unpaired) electrons. The second-order valence-electron chi connectivity index (χ2n) is 7.12. The van der Waals surface area contributed by atoms with Crippen molar-refractivity contribution in [1.29, 1.82) is 0 Å². The number of hydrogen-bond acceptors (Lipinski definition) is 3. The molecule has 5 nitrogen and oxygen atoms in total. The van der Waals surface area contributed by atoms with Crippen LogP contribution in [0, 0.1) is 3.70 Å². The standard InChI is InChI=1S/C21H17F6IN4O/c22-20(23,24)14-10-15(21(25,26)27)12-16(11-14)29-17(33)8-4-5-9-32-19(28)18(30-31-32)13-6-2-1-3-7-13/h1-3,6-7,10-12H,4-5,8-9H2,(H,29,33). The van der Waals surface area contributed by atoms with Crippen LogP contribution in [0.15, 0.2) is 48.5 Å². The number of alkyl halides is 6. The van der Waals surface area contributed by atoms with E-state index in [0.29, 0.717) is 31.5 Å². The van der Waals surface area contributed by atoms with Crippen molar-refractivity contribution in [1.82, 2.24) is 15.0 Å². The maximum absolute atomic E-state index is 12.9. The summed E-state index contributed by atoms with van der Waals surface area (Å²) in [5.74, 6) is -0.680. The largest absolute Gasteiger partial charge is 0.416 e. The van der Waals surface area contributed by atoms with Gasteiger partial charge in [-0.25, -0.2) is 4.68 Å². The maximum Gasteiger partial charge on any atom is 0.416 e. The SMILES string of the molecule is O=C(CCCCn1nnc(-c2ccccc2)c1I)Nc1cc(C(F)(F)F)cc(C(F)(F)F)c1. The quantitative estimate of drug-likeness (QED) is 0.200. The van der Waals surface area contributed by atoms with E-state index in [1.807, 2.05) is 30.3 Å². The number of benzene rings is 2. The van der Waals surface area contributed by atoms with Crippen molar-refractivity contribution in [2.45, 2.75) is 38.2 Å². The van der Waals surface area contributed by atoms with Crippen molar-refractivity contribution in [3.05, 3.63) is 63.4 Å². The molecule has 0 unspecified atom stereocenters. The highest BCUT2D eigenvalue weighted by Crippen LogP contribution is 2.37. The molecule has 0 aliphatic carbocycles. The van der Waals surface area contributed by atoms with Gasteiger partial charge < -0.3 is 5.32 Å². The minimum Gasteiger partial charge on any atom is -0.326 e. The van der Waals surface area contributed by atoms with E-state index in [4.69, 9.17) is 0 Å². The van der Waals surface area contributed by atoms with Gasteiger partial charge >= 0.3 is 12.4 Å². The van der Waals surface area contributed by atoms with Crippen LogP contribution >= 0.6 is 22.6 Å². The summed E-state index contributed by atoms with van der Waals surface area (Å²) in [4.78, 5) is 12.1. The molecule has 0 atom stereocenters. The zero-order valence-electron chi connectivity index (χ0n) is 16.8. The Balaban J connectivity index is 1.57. The molecule has 3 aromatic rings. The first kappa shape index (κ1) is 25.0. The summed E-state index contributed by atoms with van der Waals surface area (Å²) in [5.41, 5.74) is -1.89. The first-order valence-electron chi connectivity index (χ1n) is 9.69. The highest BCUT2D eigenvalue weighted by atomic mass is 127. The molecule has 0 bridgehead atoms. The van der Waals surface area contributed by atoms with E-state index in [1.54, 1.807) is 4.68 Å². The van der Waals surface area contributed by atoms with Gasteiger partial charge in [0.05, 0.1) is 11.1 Å². The van der Waals surface area contributed by atoms with Gasteiger partial charge in [-0.05, 0) is 53.6 Å². The Bertz CT molecular complexity index is 1080. The zero-order valence-corrected chi connectivity index (χ0v) is 19.0. The molecule has 1 N–H and O–H groups in total. The number of nitrogens with one attached hydrogen (secondary N) is 1. The molecule has 0 saturated carbocycles. The first-order valence-corrected chi connectivity index (χ1v) is 10.8. The van der Waals surface area contributed by atoms with E-state index in [9.17, 15) is 31.1 Å². The monoisotopic (exact) mass is 582 g/mol. The number of hydrogen-bond donors (Lipinski definition) is 1. The fourth-order valence-corrected chi connectivity index (χ4v) is 3.77. The lowest BCUT2D eigenvalue weighted by molar-refractivity contribution is -0.143. The number of carbonyl (C=O) groups is 1. The molecular weight excluding hydrogens is 565 g/mol. The third-order valence-corrected chi connectivity index (χ3v) is 5.68. The molecule has 2 aromatic carbocycles. The van der Waals surface area contributed by atoms with Gasteiger partial charge in [0.25, 0.3) is 0 Å². The third kappa shape index (κ3) is 6.68. The summed E-state index contributed by atoms with van der Waals surface area (Å²) in [6, 6.07) is 10.4. The lowest BCUT2D eigenvalue weighted by atomic mass is 10.1. The van der Waals surface area contributed by atoms with Crippen molar-refractivity contribution >= 4 is 34.2 Å². The van der Waals surface area contributed by atoms with Crippen LogP contribution in [0.25, 0.3) is 11.3 Å². The van der Waals surface area contributed by atoms with E-state index in [2.05, 4.69) is 38.2 Å². The molecular formula is C21H17F6IN4O. The van der Waals surface area contributed by atoms with Gasteiger partial charge in [0.1, 0.15) is 9.39 Å². The molecule has 0 aliphatic heterocycles. The van der Waals surface area contributed by atoms with Gasteiger partial charge in [-0.1, -0.05) is 35.5 Å². The van der Waals surface area contributed by atoms with Crippen molar-refractivity contribution in [3.63, 3.8) is 0 Å². The smallest absolute Gasteiger partial charge is 0.326 e. The number of rotatable bonds is 7. The summed E-state index contributed by atoms with van der Waals surface area (Å²) in [5, 5.41) is 10.4. The molecule has 176 valence electrons. The molecule has 0 saturated heterocycles. The molecule has 1 heterocycles. The highest BCUT2D eigenvalue weighted by molar-refractivity contribution is 14.1. The predicted molar refractivity (Wildman–Crippen MR) is 117 cm³/mol. The first-order chi connectivity index (χ1) is 15.4. The van der Waals surface area contributed by atoms with E-state index in [1.165, 1.54) is 0 Å². The number of carbonyl (C=O) groups excluding carboxylic acids is 1. The number of amides is 1. The minimum absolute atomic E-state index is 0.0130.